The van der Waals surface area contributed by atoms with Crippen molar-refractivity contribution in [3.63, 3.8) is 0 Å². The Morgan fingerprint density at radius 2 is 1.78 bits per heavy atom. The number of rotatable bonds is 4. The fourth-order valence-corrected chi connectivity index (χ4v) is 1.97. The number of esters is 1. The van der Waals surface area contributed by atoms with Crippen LogP contribution in [0.4, 0.5) is 0 Å². The lowest BCUT2D eigenvalue weighted by Gasteiger charge is -2.09. The van der Waals surface area contributed by atoms with E-state index in [1.807, 2.05) is 30.3 Å². The van der Waals surface area contributed by atoms with Gasteiger partial charge < -0.3 is 14.3 Å². The van der Waals surface area contributed by atoms with E-state index in [0.29, 0.717) is 11.5 Å². The van der Waals surface area contributed by atoms with E-state index in [-0.39, 0.29) is 11.6 Å². The van der Waals surface area contributed by atoms with Crippen LogP contribution in [0.2, 0.25) is 0 Å². The molecule has 6 nitrogen and oxygen atoms in total. The van der Waals surface area contributed by atoms with Gasteiger partial charge in [0.1, 0.15) is 5.75 Å². The van der Waals surface area contributed by atoms with Crippen LogP contribution in [-0.2, 0) is 4.74 Å². The first-order valence-corrected chi connectivity index (χ1v) is 7.02. The highest BCUT2D eigenvalue weighted by Crippen LogP contribution is 2.23. The Labute approximate surface area is 132 Å². The Bertz CT molecular complexity index is 797. The van der Waals surface area contributed by atoms with E-state index in [2.05, 4.69) is 10.2 Å². The van der Waals surface area contributed by atoms with Crippen molar-refractivity contribution < 1.29 is 19.1 Å². The van der Waals surface area contributed by atoms with Gasteiger partial charge in [0.25, 0.3) is 5.89 Å². The number of nitrogens with zero attached hydrogens (tertiary/aromatic N) is 2. The normalized spacial score (nSPS) is 11.9. The lowest BCUT2D eigenvalue weighted by Crippen LogP contribution is -2.09. The molecule has 3 rings (SSSR count). The first-order chi connectivity index (χ1) is 11.1. The van der Waals surface area contributed by atoms with Crippen LogP contribution in [-0.4, -0.2) is 21.3 Å². The molecule has 1 N–H and O–H groups in total. The Kier molecular flexibility index (Phi) is 4.05. The molecule has 23 heavy (non-hydrogen) atoms. The highest BCUT2D eigenvalue weighted by atomic mass is 16.6. The van der Waals surface area contributed by atoms with E-state index in [4.69, 9.17) is 9.15 Å². The number of aromatic nitrogens is 2. The van der Waals surface area contributed by atoms with Gasteiger partial charge in [-0.2, -0.15) is 0 Å². The molecule has 0 unspecified atom stereocenters. The van der Waals surface area contributed by atoms with Crippen molar-refractivity contribution in [1.29, 1.82) is 0 Å². The van der Waals surface area contributed by atoms with Crippen molar-refractivity contribution in [1.82, 2.24) is 10.2 Å². The van der Waals surface area contributed by atoms with Gasteiger partial charge in [0.2, 0.25) is 5.89 Å². The molecule has 1 atom stereocenters. The Hall–Kier alpha value is -3.15. The van der Waals surface area contributed by atoms with E-state index >= 15 is 0 Å². The van der Waals surface area contributed by atoms with Crippen LogP contribution in [0, 0.1) is 0 Å². The summed E-state index contributed by atoms with van der Waals surface area (Å²) in [4.78, 5) is 12.0. The summed E-state index contributed by atoms with van der Waals surface area (Å²) in [6, 6.07) is 15.1. The second-order valence-corrected chi connectivity index (χ2v) is 4.91. The summed E-state index contributed by atoms with van der Waals surface area (Å²) in [5, 5.41) is 17.1. The lowest BCUT2D eigenvalue weighted by atomic mass is 10.2. The topological polar surface area (TPSA) is 85.5 Å². The summed E-state index contributed by atoms with van der Waals surface area (Å²) < 4.78 is 10.8. The van der Waals surface area contributed by atoms with Crippen molar-refractivity contribution in [2.24, 2.45) is 0 Å². The number of ether oxygens (including phenoxy) is 1. The SMILES string of the molecule is C[C@@H](OC(=O)c1ccc(O)cc1)c1nnc(-c2ccccc2)o1. The van der Waals surface area contributed by atoms with Crippen LogP contribution in [0.5, 0.6) is 5.75 Å². The van der Waals surface area contributed by atoms with Crippen LogP contribution in [0.15, 0.2) is 59.0 Å². The Balaban J connectivity index is 1.71. The van der Waals surface area contributed by atoms with Gasteiger partial charge in [-0.1, -0.05) is 18.2 Å². The third kappa shape index (κ3) is 3.37. The van der Waals surface area contributed by atoms with Crippen LogP contribution in [0.1, 0.15) is 29.3 Å². The van der Waals surface area contributed by atoms with Crippen LogP contribution >= 0.6 is 0 Å². The summed E-state index contributed by atoms with van der Waals surface area (Å²) in [5.74, 6) is 0.139. The van der Waals surface area contributed by atoms with Gasteiger partial charge in [0.05, 0.1) is 5.56 Å². The molecule has 0 aliphatic rings. The van der Waals surface area contributed by atoms with Gasteiger partial charge in [0.15, 0.2) is 6.10 Å². The molecule has 0 radical (unpaired) electrons. The average molecular weight is 310 g/mol. The van der Waals surface area contributed by atoms with E-state index in [9.17, 15) is 9.90 Å². The summed E-state index contributed by atoms with van der Waals surface area (Å²) in [6.07, 6.45) is -0.679. The second-order valence-electron chi connectivity index (χ2n) is 4.91. The minimum atomic E-state index is -0.679. The summed E-state index contributed by atoms with van der Waals surface area (Å²) >= 11 is 0. The standard InChI is InChI=1S/C17H14N2O4/c1-11(22-17(21)13-7-9-14(20)10-8-13)15-18-19-16(23-15)12-5-3-2-4-6-12/h2-11,20H,1H3/t11-/m1/s1. The first kappa shape index (κ1) is 14.8. The van der Waals surface area contributed by atoms with Crippen molar-refractivity contribution in [3.8, 4) is 17.2 Å². The molecule has 1 heterocycles. The van der Waals surface area contributed by atoms with Gasteiger partial charge in [-0.3, -0.25) is 0 Å². The van der Waals surface area contributed by atoms with Gasteiger partial charge in [-0.05, 0) is 43.3 Å². The molecule has 0 saturated heterocycles. The Morgan fingerprint density at radius 1 is 1.09 bits per heavy atom. The molecule has 0 aliphatic heterocycles. The molecule has 0 fully saturated rings. The lowest BCUT2D eigenvalue weighted by molar-refractivity contribution is 0.0280. The first-order valence-electron chi connectivity index (χ1n) is 7.02. The number of benzene rings is 2. The molecule has 1 aromatic heterocycles. The number of phenols is 1. The third-order valence-corrected chi connectivity index (χ3v) is 3.20. The number of hydrogen-bond donors (Lipinski definition) is 1. The van der Waals surface area contributed by atoms with Crippen molar-refractivity contribution in [2.75, 3.05) is 0 Å². The van der Waals surface area contributed by atoms with Crippen molar-refractivity contribution in [2.45, 2.75) is 13.0 Å². The monoisotopic (exact) mass is 310 g/mol. The smallest absolute Gasteiger partial charge is 0.338 e. The van der Waals surface area contributed by atoms with Crippen LogP contribution in [0.3, 0.4) is 0 Å². The maximum absolute atomic E-state index is 12.0. The minimum absolute atomic E-state index is 0.0824. The molecule has 0 amide bonds. The quantitative estimate of drug-likeness (QED) is 0.744. The summed E-state index contributed by atoms with van der Waals surface area (Å²) in [6.45, 7) is 1.65. The summed E-state index contributed by atoms with van der Waals surface area (Å²) in [5.41, 5.74) is 1.13. The number of carbonyl (C=O) groups excluding carboxylic acids is 1. The molecule has 0 saturated carbocycles. The van der Waals surface area contributed by atoms with Gasteiger partial charge in [-0.15, -0.1) is 10.2 Å². The molecular formula is C17H14N2O4. The van der Waals surface area contributed by atoms with Crippen LogP contribution in [0.25, 0.3) is 11.5 Å². The molecule has 0 spiro atoms. The van der Waals surface area contributed by atoms with E-state index in [1.165, 1.54) is 24.3 Å². The molecule has 0 aliphatic carbocycles. The number of aromatic hydroxyl groups is 1. The molecule has 3 aromatic rings. The number of hydrogen-bond acceptors (Lipinski definition) is 6. The van der Waals surface area contributed by atoms with Crippen molar-refractivity contribution >= 4 is 5.97 Å². The number of phenolic OH excluding ortho intramolecular Hbond substituents is 1. The van der Waals surface area contributed by atoms with E-state index < -0.39 is 12.1 Å². The maximum Gasteiger partial charge on any atom is 0.338 e. The highest BCUT2D eigenvalue weighted by Gasteiger charge is 2.19. The third-order valence-electron chi connectivity index (χ3n) is 3.20. The summed E-state index contributed by atoms with van der Waals surface area (Å²) in [7, 11) is 0. The van der Waals surface area contributed by atoms with Crippen LogP contribution < -0.4 is 0 Å². The van der Waals surface area contributed by atoms with Crippen molar-refractivity contribution in [3.05, 3.63) is 66.1 Å². The zero-order valence-corrected chi connectivity index (χ0v) is 12.3. The Morgan fingerprint density at radius 3 is 2.48 bits per heavy atom. The fraction of sp³-hybridized carbons (Fsp3) is 0.118. The molecule has 2 aromatic carbocycles. The van der Waals surface area contributed by atoms with Gasteiger partial charge in [0, 0.05) is 5.56 Å². The predicted molar refractivity (Wildman–Crippen MR) is 81.7 cm³/mol. The molecule has 6 heteroatoms. The zero-order chi connectivity index (χ0) is 16.2. The fourth-order valence-electron chi connectivity index (χ4n) is 1.97. The molecule has 116 valence electrons. The maximum atomic E-state index is 12.0. The molecule has 0 bridgehead atoms. The van der Waals surface area contributed by atoms with Gasteiger partial charge in [-0.25, -0.2) is 4.79 Å². The van der Waals surface area contributed by atoms with Gasteiger partial charge >= 0.3 is 5.97 Å². The zero-order valence-electron chi connectivity index (χ0n) is 12.3. The largest absolute Gasteiger partial charge is 0.508 e. The van der Waals surface area contributed by atoms with E-state index in [0.717, 1.165) is 5.56 Å². The highest BCUT2D eigenvalue weighted by molar-refractivity contribution is 5.89. The average Bonchev–Trinajstić information content (AvgIpc) is 3.06. The molecular weight excluding hydrogens is 296 g/mol. The number of carbonyl (C=O) groups is 1. The predicted octanol–water partition coefficient (Wildman–Crippen LogP) is 3.36. The van der Waals surface area contributed by atoms with E-state index in [1.54, 1.807) is 6.92 Å². The minimum Gasteiger partial charge on any atom is -0.508 e. The second kappa shape index (κ2) is 6.31.